The van der Waals surface area contributed by atoms with Crippen molar-refractivity contribution < 1.29 is 28.8 Å². The van der Waals surface area contributed by atoms with Gasteiger partial charge in [-0.3, -0.25) is 19.7 Å². The van der Waals surface area contributed by atoms with Crippen LogP contribution in [0.5, 0.6) is 11.5 Å². The maximum absolute atomic E-state index is 11.0. The highest BCUT2D eigenvalue weighted by Gasteiger charge is 2.19. The number of nitrogens with two attached hydrogens (primary N) is 1. The van der Waals surface area contributed by atoms with E-state index in [0.717, 1.165) is 6.07 Å². The Bertz CT molecular complexity index is 547. The molecule has 0 unspecified atom stereocenters. The van der Waals surface area contributed by atoms with E-state index in [4.69, 9.17) is 15.3 Å². The molecule has 0 aliphatic rings. The second-order valence-corrected chi connectivity index (χ2v) is 3.63. The van der Waals surface area contributed by atoms with Crippen LogP contribution in [0, 0.1) is 10.1 Å². The average molecular weight is 299 g/mol. The zero-order valence-electron chi connectivity index (χ0n) is 11.0. The van der Waals surface area contributed by atoms with Crippen molar-refractivity contribution >= 4 is 17.9 Å². The lowest BCUT2D eigenvalue weighted by Crippen LogP contribution is -2.27. The molecule has 0 spiro atoms. The largest absolute Gasteiger partial charge is 0.493 e. The number of hydrogen-bond acceptors (Lipinski definition) is 9. The monoisotopic (exact) mass is 299 g/mol. The van der Waals surface area contributed by atoms with E-state index in [0.29, 0.717) is 6.29 Å². The Morgan fingerprint density at radius 1 is 1.48 bits per heavy atom. The van der Waals surface area contributed by atoms with Gasteiger partial charge < -0.3 is 14.3 Å². The van der Waals surface area contributed by atoms with Crippen molar-refractivity contribution in [3.63, 3.8) is 0 Å². The molecule has 3 N–H and O–H groups in total. The summed E-state index contributed by atoms with van der Waals surface area (Å²) in [5.74, 6) is 4.27. The Morgan fingerprint density at radius 2 is 2.19 bits per heavy atom. The predicted octanol–water partition coefficient (Wildman–Crippen LogP) is 0.106. The summed E-state index contributed by atoms with van der Waals surface area (Å²) < 4.78 is 10.2. The molecule has 114 valence electrons. The lowest BCUT2D eigenvalue weighted by atomic mass is 10.1. The summed E-state index contributed by atoms with van der Waals surface area (Å²) in [5, 5.41) is 10.9. The SMILES string of the molecule is COc1cc(C=O)c([N+](=O)[O-])cc1OCCC(=O)ONN. The molecule has 10 heteroatoms. The molecule has 10 nitrogen and oxygen atoms in total. The van der Waals surface area contributed by atoms with Crippen LogP contribution in [0.3, 0.4) is 0 Å². The van der Waals surface area contributed by atoms with E-state index in [-0.39, 0.29) is 30.1 Å². The van der Waals surface area contributed by atoms with Gasteiger partial charge >= 0.3 is 5.97 Å². The van der Waals surface area contributed by atoms with E-state index in [1.807, 2.05) is 0 Å². The van der Waals surface area contributed by atoms with Gasteiger partial charge in [0, 0.05) is 6.07 Å². The van der Waals surface area contributed by atoms with Crippen LogP contribution in [0.25, 0.3) is 0 Å². The third-order valence-electron chi connectivity index (χ3n) is 2.37. The number of hydrazine groups is 1. The third kappa shape index (κ3) is 4.40. The van der Waals surface area contributed by atoms with Crippen LogP contribution in [0.15, 0.2) is 12.1 Å². The Balaban J connectivity index is 2.90. The first-order chi connectivity index (χ1) is 10.0. The summed E-state index contributed by atoms with van der Waals surface area (Å²) in [4.78, 5) is 36.2. The number of carbonyl (C=O) groups is 2. The Labute approximate surface area is 118 Å². The highest BCUT2D eigenvalue weighted by Crippen LogP contribution is 2.34. The van der Waals surface area contributed by atoms with Crippen molar-refractivity contribution in [1.82, 2.24) is 5.59 Å². The van der Waals surface area contributed by atoms with Crippen molar-refractivity contribution in [1.29, 1.82) is 0 Å². The number of hydrogen-bond donors (Lipinski definition) is 2. The third-order valence-corrected chi connectivity index (χ3v) is 2.37. The minimum atomic E-state index is -0.720. The number of nitrogens with zero attached hydrogens (tertiary/aromatic N) is 1. The first-order valence-electron chi connectivity index (χ1n) is 5.63. The van der Waals surface area contributed by atoms with Crippen LogP contribution in [-0.2, 0) is 9.63 Å². The number of nitrogens with one attached hydrogen (secondary N) is 1. The van der Waals surface area contributed by atoms with Crippen molar-refractivity contribution in [3.8, 4) is 11.5 Å². The van der Waals surface area contributed by atoms with Gasteiger partial charge in [-0.2, -0.15) is 0 Å². The minimum Gasteiger partial charge on any atom is -0.493 e. The van der Waals surface area contributed by atoms with Crippen LogP contribution < -0.4 is 20.9 Å². The maximum Gasteiger partial charge on any atom is 0.329 e. The van der Waals surface area contributed by atoms with Crippen molar-refractivity contribution in [2.45, 2.75) is 6.42 Å². The number of carbonyl (C=O) groups excluding carboxylic acids is 2. The summed E-state index contributed by atoms with van der Waals surface area (Å²) in [5.41, 5.74) is 1.15. The topological polar surface area (TPSA) is 143 Å². The van der Waals surface area contributed by atoms with Gasteiger partial charge in [-0.1, -0.05) is 5.59 Å². The maximum atomic E-state index is 11.0. The first-order valence-corrected chi connectivity index (χ1v) is 5.63. The van der Waals surface area contributed by atoms with Crippen LogP contribution in [0.4, 0.5) is 5.69 Å². The summed E-state index contributed by atoms with van der Waals surface area (Å²) in [7, 11) is 1.31. The molecule has 1 aromatic rings. The van der Waals surface area contributed by atoms with Gasteiger partial charge in [0.1, 0.15) is 0 Å². The zero-order valence-corrected chi connectivity index (χ0v) is 11.0. The highest BCUT2D eigenvalue weighted by molar-refractivity contribution is 5.83. The molecule has 0 saturated heterocycles. The van der Waals surface area contributed by atoms with Gasteiger partial charge in [-0.15, -0.1) is 0 Å². The first kappa shape index (κ1) is 16.3. The predicted molar refractivity (Wildman–Crippen MR) is 68.6 cm³/mol. The fourth-order valence-electron chi connectivity index (χ4n) is 1.45. The van der Waals surface area contributed by atoms with E-state index < -0.39 is 16.6 Å². The molecule has 0 bridgehead atoms. The molecule has 0 fully saturated rings. The number of methoxy groups -OCH3 is 1. The molecule has 0 aliphatic carbocycles. The number of nitro benzene ring substituents is 1. The van der Waals surface area contributed by atoms with Gasteiger partial charge in [-0.25, -0.2) is 5.84 Å². The number of rotatable bonds is 8. The number of aldehydes is 1. The molecular formula is C11H13N3O7. The quantitative estimate of drug-likeness (QED) is 0.295. The Kier molecular flexibility index (Phi) is 6.04. The molecule has 0 aromatic heterocycles. The molecule has 0 amide bonds. The van der Waals surface area contributed by atoms with E-state index in [2.05, 4.69) is 4.84 Å². The minimum absolute atomic E-state index is 0.0308. The summed E-state index contributed by atoms with van der Waals surface area (Å²) >= 11 is 0. The van der Waals surface area contributed by atoms with E-state index in [1.165, 1.54) is 13.2 Å². The normalized spacial score (nSPS) is 9.81. The van der Waals surface area contributed by atoms with Gasteiger partial charge in [0.2, 0.25) is 0 Å². The lowest BCUT2D eigenvalue weighted by Gasteiger charge is -2.11. The van der Waals surface area contributed by atoms with Gasteiger partial charge in [0.05, 0.1) is 36.7 Å². The van der Waals surface area contributed by atoms with Crippen LogP contribution in [-0.4, -0.2) is 30.9 Å². The summed E-state index contributed by atoms with van der Waals surface area (Å²) in [6.07, 6.45) is 0.200. The molecule has 0 atom stereocenters. The highest BCUT2D eigenvalue weighted by atomic mass is 16.7. The fourth-order valence-corrected chi connectivity index (χ4v) is 1.45. The molecule has 0 heterocycles. The zero-order chi connectivity index (χ0) is 15.8. The molecule has 1 aromatic carbocycles. The lowest BCUT2D eigenvalue weighted by molar-refractivity contribution is -0.385. The molecule has 0 saturated carbocycles. The molecule has 0 radical (unpaired) electrons. The van der Waals surface area contributed by atoms with Crippen LogP contribution in [0.1, 0.15) is 16.8 Å². The number of ether oxygens (including phenoxy) is 2. The Morgan fingerprint density at radius 3 is 2.71 bits per heavy atom. The smallest absolute Gasteiger partial charge is 0.329 e. The molecule has 21 heavy (non-hydrogen) atoms. The molecule has 0 aliphatic heterocycles. The van der Waals surface area contributed by atoms with Gasteiger partial charge in [0.15, 0.2) is 17.8 Å². The Hall–Kier alpha value is -2.72. The molecular weight excluding hydrogens is 286 g/mol. The number of nitro groups is 1. The standard InChI is InChI=1S/C11H13N3O7/c1-19-9-4-7(6-15)8(14(17)18)5-10(9)20-3-2-11(16)21-13-12/h4-6,13H,2-3,12H2,1H3. The van der Waals surface area contributed by atoms with Crippen molar-refractivity contribution in [3.05, 3.63) is 27.8 Å². The van der Waals surface area contributed by atoms with E-state index in [1.54, 1.807) is 5.59 Å². The van der Waals surface area contributed by atoms with Crippen molar-refractivity contribution in [2.24, 2.45) is 5.84 Å². The number of benzene rings is 1. The molecule has 1 rings (SSSR count). The van der Waals surface area contributed by atoms with Gasteiger partial charge in [0.25, 0.3) is 5.69 Å². The van der Waals surface area contributed by atoms with E-state index in [9.17, 15) is 19.7 Å². The average Bonchev–Trinajstić information content (AvgIpc) is 2.46. The fraction of sp³-hybridized carbons (Fsp3) is 0.273. The van der Waals surface area contributed by atoms with Gasteiger partial charge in [-0.05, 0) is 0 Å². The summed E-state index contributed by atoms with van der Waals surface area (Å²) in [6, 6.07) is 2.23. The van der Waals surface area contributed by atoms with Crippen molar-refractivity contribution in [2.75, 3.05) is 13.7 Å². The van der Waals surface area contributed by atoms with Crippen LogP contribution in [0.2, 0.25) is 0 Å². The second-order valence-electron chi connectivity index (χ2n) is 3.63. The van der Waals surface area contributed by atoms with E-state index >= 15 is 0 Å². The van der Waals surface area contributed by atoms with Crippen LogP contribution >= 0.6 is 0 Å². The summed E-state index contributed by atoms with van der Waals surface area (Å²) in [6.45, 7) is -0.117. The second kappa shape index (κ2) is 7.77.